The molecule has 26 heavy (non-hydrogen) atoms. The molecule has 2 aromatic rings. The van der Waals surface area contributed by atoms with Gasteiger partial charge in [0.15, 0.2) is 5.54 Å². The van der Waals surface area contributed by atoms with Gasteiger partial charge >= 0.3 is 0 Å². The molecule has 0 unspecified atom stereocenters. The Morgan fingerprint density at radius 3 is 2.31 bits per heavy atom. The average Bonchev–Trinajstić information content (AvgIpc) is 2.97. The number of quaternary nitrogens is 1. The quantitative estimate of drug-likeness (QED) is 0.838. The van der Waals surface area contributed by atoms with Gasteiger partial charge in [0.25, 0.3) is 0 Å². The third-order valence-corrected chi connectivity index (χ3v) is 5.44. The highest BCUT2D eigenvalue weighted by molar-refractivity contribution is 6.35. The van der Waals surface area contributed by atoms with Gasteiger partial charge in [0.05, 0.1) is 20.1 Å². The lowest BCUT2D eigenvalue weighted by Gasteiger charge is -2.33. The monoisotopic (exact) mass is 396 g/mol. The Kier molecular flexibility index (Phi) is 6.16. The van der Waals surface area contributed by atoms with Crippen LogP contribution >= 0.6 is 23.2 Å². The highest BCUT2D eigenvalue weighted by atomic mass is 35.5. The number of tetrazole rings is 1. The van der Waals surface area contributed by atoms with Crippen LogP contribution in [-0.4, -0.2) is 34.3 Å². The van der Waals surface area contributed by atoms with Crippen LogP contribution in [-0.2, 0) is 5.54 Å². The minimum Gasteiger partial charge on any atom is -0.329 e. The first kappa shape index (κ1) is 20.9. The minimum atomic E-state index is -0.223. The highest BCUT2D eigenvalue weighted by Gasteiger charge is 2.37. The van der Waals surface area contributed by atoms with E-state index in [1.807, 2.05) is 22.9 Å². The Balaban J connectivity index is 2.48. The molecule has 1 N–H and O–H groups in total. The van der Waals surface area contributed by atoms with Crippen molar-refractivity contribution in [3.8, 4) is 0 Å². The van der Waals surface area contributed by atoms with Gasteiger partial charge in [-0.3, -0.25) is 0 Å². The number of benzene rings is 1. The summed E-state index contributed by atoms with van der Waals surface area (Å²) >= 11 is 12.3. The molecular weight excluding hydrogens is 369 g/mol. The Hall–Kier alpha value is -1.43. The van der Waals surface area contributed by atoms with Crippen molar-refractivity contribution in [1.29, 1.82) is 0 Å². The maximum atomic E-state index is 6.31. The van der Waals surface area contributed by atoms with Crippen molar-refractivity contribution in [1.82, 2.24) is 20.2 Å². The van der Waals surface area contributed by atoms with E-state index in [9.17, 15) is 0 Å². The lowest BCUT2D eigenvalue weighted by molar-refractivity contribution is -0.920. The number of halogens is 2. The van der Waals surface area contributed by atoms with Gasteiger partial charge in [-0.15, -0.1) is 5.10 Å². The van der Waals surface area contributed by atoms with Crippen molar-refractivity contribution in [3.05, 3.63) is 45.7 Å². The van der Waals surface area contributed by atoms with E-state index in [2.05, 4.69) is 70.3 Å². The van der Waals surface area contributed by atoms with E-state index in [0.717, 1.165) is 11.4 Å². The SMILES string of the molecule is C[NH+](C)C(C)(C)c1nnnn1[C@H](/C=C\c1ccc(Cl)cc1Cl)C(C)(C)C. The summed E-state index contributed by atoms with van der Waals surface area (Å²) in [7, 11) is 4.21. The third-order valence-electron chi connectivity index (χ3n) is 4.87. The van der Waals surface area contributed by atoms with E-state index in [4.69, 9.17) is 23.2 Å². The molecule has 1 heterocycles. The number of nitrogens with one attached hydrogen (secondary N) is 1. The molecular formula is C19H28Cl2N5+. The second-order valence-electron chi connectivity index (χ2n) is 8.41. The van der Waals surface area contributed by atoms with E-state index < -0.39 is 0 Å². The van der Waals surface area contributed by atoms with Gasteiger partial charge in [-0.2, -0.15) is 0 Å². The number of allylic oxidation sites excluding steroid dienone is 1. The first-order valence-electron chi connectivity index (χ1n) is 8.67. The fraction of sp³-hybridized carbons (Fsp3) is 0.526. The van der Waals surface area contributed by atoms with E-state index in [1.165, 1.54) is 4.90 Å². The zero-order chi connectivity index (χ0) is 19.7. The molecule has 142 valence electrons. The van der Waals surface area contributed by atoms with Gasteiger partial charge in [-0.1, -0.05) is 62.2 Å². The summed E-state index contributed by atoms with van der Waals surface area (Å²) in [6, 6.07) is 5.46. The van der Waals surface area contributed by atoms with Gasteiger partial charge in [0, 0.05) is 10.0 Å². The summed E-state index contributed by atoms with van der Waals surface area (Å²) in [5, 5.41) is 13.9. The van der Waals surface area contributed by atoms with Crippen molar-refractivity contribution in [3.63, 3.8) is 0 Å². The van der Waals surface area contributed by atoms with Crippen LogP contribution in [0.3, 0.4) is 0 Å². The Bertz CT molecular complexity index is 787. The first-order valence-corrected chi connectivity index (χ1v) is 9.42. The Morgan fingerprint density at radius 1 is 1.12 bits per heavy atom. The third kappa shape index (κ3) is 4.45. The minimum absolute atomic E-state index is 0.0298. The van der Waals surface area contributed by atoms with Gasteiger partial charge in [-0.25, -0.2) is 4.68 Å². The van der Waals surface area contributed by atoms with Gasteiger partial charge < -0.3 is 4.90 Å². The number of nitrogens with zero attached hydrogens (tertiary/aromatic N) is 4. The molecule has 0 aliphatic heterocycles. The van der Waals surface area contributed by atoms with Crippen molar-refractivity contribution in [2.24, 2.45) is 5.41 Å². The number of hydrogen-bond acceptors (Lipinski definition) is 3. The zero-order valence-electron chi connectivity index (χ0n) is 16.5. The van der Waals surface area contributed by atoms with Gasteiger partial charge in [-0.05, 0) is 47.4 Å². The van der Waals surface area contributed by atoms with Crippen LogP contribution in [0.2, 0.25) is 10.0 Å². The maximum Gasteiger partial charge on any atom is 0.212 e. The molecule has 0 aliphatic rings. The second-order valence-corrected chi connectivity index (χ2v) is 9.25. The Morgan fingerprint density at radius 2 is 1.77 bits per heavy atom. The lowest BCUT2D eigenvalue weighted by Crippen LogP contribution is -3.12. The highest BCUT2D eigenvalue weighted by Crippen LogP contribution is 2.34. The van der Waals surface area contributed by atoms with Crippen LogP contribution in [0.1, 0.15) is 52.0 Å². The van der Waals surface area contributed by atoms with Crippen LogP contribution in [0.4, 0.5) is 0 Å². The lowest BCUT2D eigenvalue weighted by atomic mass is 9.85. The summed E-state index contributed by atoms with van der Waals surface area (Å²) in [5.41, 5.74) is 0.605. The summed E-state index contributed by atoms with van der Waals surface area (Å²) in [5.74, 6) is 0.851. The summed E-state index contributed by atoms with van der Waals surface area (Å²) in [4.78, 5) is 1.26. The molecule has 0 aliphatic carbocycles. The van der Waals surface area contributed by atoms with E-state index in [1.54, 1.807) is 6.07 Å². The first-order chi connectivity index (χ1) is 11.9. The second kappa shape index (κ2) is 7.67. The van der Waals surface area contributed by atoms with Crippen LogP contribution in [0.5, 0.6) is 0 Å². The van der Waals surface area contributed by atoms with Crippen molar-refractivity contribution in [2.75, 3.05) is 14.1 Å². The fourth-order valence-corrected chi connectivity index (χ4v) is 3.06. The van der Waals surface area contributed by atoms with Crippen LogP contribution in [0.15, 0.2) is 24.3 Å². The summed E-state index contributed by atoms with van der Waals surface area (Å²) < 4.78 is 1.92. The molecule has 2 rings (SSSR count). The van der Waals surface area contributed by atoms with Crippen LogP contribution < -0.4 is 4.90 Å². The number of hydrogen-bond donors (Lipinski definition) is 1. The maximum absolute atomic E-state index is 6.31. The molecule has 1 aromatic heterocycles. The number of rotatable bonds is 5. The topological polar surface area (TPSA) is 48.0 Å². The number of aromatic nitrogens is 4. The largest absolute Gasteiger partial charge is 0.329 e. The molecule has 0 radical (unpaired) electrons. The van der Waals surface area contributed by atoms with Crippen LogP contribution in [0.25, 0.3) is 6.08 Å². The normalized spacial score (nSPS) is 14.4. The Labute approximate surface area is 166 Å². The van der Waals surface area contributed by atoms with Crippen molar-refractivity contribution < 1.29 is 4.90 Å². The van der Waals surface area contributed by atoms with Gasteiger partial charge in [0.1, 0.15) is 0 Å². The summed E-state index contributed by atoms with van der Waals surface area (Å²) in [6.45, 7) is 10.8. The van der Waals surface area contributed by atoms with E-state index in [0.29, 0.717) is 10.0 Å². The molecule has 0 amide bonds. The van der Waals surface area contributed by atoms with E-state index >= 15 is 0 Å². The predicted molar refractivity (Wildman–Crippen MR) is 108 cm³/mol. The summed E-state index contributed by atoms with van der Waals surface area (Å²) in [6.07, 6.45) is 4.12. The molecule has 0 fully saturated rings. The van der Waals surface area contributed by atoms with Gasteiger partial charge in [0.2, 0.25) is 5.82 Å². The average molecular weight is 397 g/mol. The molecule has 0 saturated carbocycles. The van der Waals surface area contributed by atoms with Crippen LogP contribution in [0, 0.1) is 5.41 Å². The molecule has 0 bridgehead atoms. The molecule has 0 saturated heterocycles. The zero-order valence-corrected chi connectivity index (χ0v) is 18.0. The molecule has 5 nitrogen and oxygen atoms in total. The van der Waals surface area contributed by atoms with Crippen molar-refractivity contribution >= 4 is 29.3 Å². The van der Waals surface area contributed by atoms with Crippen molar-refractivity contribution in [2.45, 2.75) is 46.2 Å². The molecule has 1 aromatic carbocycles. The van der Waals surface area contributed by atoms with E-state index in [-0.39, 0.29) is 17.0 Å². The molecule has 7 heteroatoms. The molecule has 0 spiro atoms. The standard InChI is InChI=1S/C19H27Cl2N5/c1-18(2,3)16(11-9-13-8-10-14(20)12-15(13)21)26-17(22-23-24-26)19(4,5)25(6)7/h8-12,16H,1-7H3/p+1/b11-9-/t16-/m1/s1. The smallest absolute Gasteiger partial charge is 0.212 e. The predicted octanol–water partition coefficient (Wildman–Crippen LogP) is 3.66. The fourth-order valence-electron chi connectivity index (χ4n) is 2.58. The molecule has 1 atom stereocenters.